The molecule has 0 fully saturated rings. The van der Waals surface area contributed by atoms with Gasteiger partial charge in [0.1, 0.15) is 11.6 Å². The largest absolute Gasteiger partial charge is 0.316 e. The first-order valence-corrected chi connectivity index (χ1v) is 7.72. The molecule has 0 heterocycles. The molecule has 1 N–H and O–H groups in total. The van der Waals surface area contributed by atoms with E-state index in [2.05, 4.69) is 21.2 Å². The van der Waals surface area contributed by atoms with Gasteiger partial charge in [0.05, 0.1) is 5.02 Å². The molecule has 0 bridgehead atoms. The van der Waals surface area contributed by atoms with E-state index in [0.717, 1.165) is 5.56 Å². The van der Waals surface area contributed by atoms with Crippen molar-refractivity contribution in [3.8, 4) is 0 Å². The minimum Gasteiger partial charge on any atom is -0.316 e. The summed E-state index contributed by atoms with van der Waals surface area (Å²) in [5.74, 6) is -0.678. The van der Waals surface area contributed by atoms with Crippen molar-refractivity contribution in [3.63, 3.8) is 0 Å². The Morgan fingerprint density at radius 2 is 1.95 bits per heavy atom. The maximum atomic E-state index is 13.9. The summed E-state index contributed by atoms with van der Waals surface area (Å²) in [5.41, 5.74) is 1.40. The maximum Gasteiger partial charge on any atom is 0.145 e. The Morgan fingerprint density at radius 1 is 1.19 bits per heavy atom. The molecule has 0 aliphatic heterocycles. The number of halogens is 4. The van der Waals surface area contributed by atoms with Gasteiger partial charge in [-0.2, -0.15) is 0 Å². The average molecular weight is 375 g/mol. The van der Waals surface area contributed by atoms with Crippen molar-refractivity contribution in [1.82, 2.24) is 5.32 Å². The zero-order valence-electron chi connectivity index (χ0n) is 11.5. The molecule has 0 spiro atoms. The fourth-order valence-electron chi connectivity index (χ4n) is 2.26. The smallest absolute Gasteiger partial charge is 0.145 e. The van der Waals surface area contributed by atoms with Gasteiger partial charge in [-0.05, 0) is 55.3 Å². The first kappa shape index (κ1) is 16.4. The molecular formula is C16H15BrClF2N. The van der Waals surface area contributed by atoms with Gasteiger partial charge in [0.2, 0.25) is 0 Å². The molecule has 1 unspecified atom stereocenters. The van der Waals surface area contributed by atoms with Crippen LogP contribution in [0, 0.1) is 11.6 Å². The third-order valence-corrected chi connectivity index (χ3v) is 4.06. The number of nitrogens with one attached hydrogen (secondary N) is 1. The van der Waals surface area contributed by atoms with Crippen LogP contribution in [0.25, 0.3) is 0 Å². The summed E-state index contributed by atoms with van der Waals surface area (Å²) in [6.07, 6.45) is 1.08. The first-order valence-electron chi connectivity index (χ1n) is 6.54. The molecule has 2 aromatic rings. The zero-order valence-corrected chi connectivity index (χ0v) is 13.8. The average Bonchev–Trinajstić information content (AvgIpc) is 2.42. The molecule has 0 aliphatic rings. The third kappa shape index (κ3) is 4.50. The quantitative estimate of drug-likeness (QED) is 0.796. The molecule has 0 aromatic heterocycles. The molecule has 5 heteroatoms. The summed E-state index contributed by atoms with van der Waals surface area (Å²) in [6, 6.07) is 9.73. The van der Waals surface area contributed by atoms with Crippen molar-refractivity contribution in [2.24, 2.45) is 0 Å². The summed E-state index contributed by atoms with van der Waals surface area (Å²) in [6.45, 7) is 0. The standard InChI is InChI=1S/C16H15BrClF2N/c1-21-14(7-10-5-12(17)9-13(19)6-10)8-11-3-2-4-15(18)16(11)20/h2-6,9,14,21H,7-8H2,1H3. The molecule has 2 aromatic carbocycles. The van der Waals surface area contributed by atoms with E-state index in [0.29, 0.717) is 22.9 Å². The van der Waals surface area contributed by atoms with Gasteiger partial charge in [-0.1, -0.05) is 39.7 Å². The van der Waals surface area contributed by atoms with Crippen LogP contribution in [-0.2, 0) is 12.8 Å². The summed E-state index contributed by atoms with van der Waals surface area (Å²) >= 11 is 9.07. The summed E-state index contributed by atoms with van der Waals surface area (Å²) in [7, 11) is 1.81. The van der Waals surface area contributed by atoms with Crippen LogP contribution >= 0.6 is 27.5 Å². The second-order valence-electron chi connectivity index (χ2n) is 4.88. The number of benzene rings is 2. The van der Waals surface area contributed by atoms with Crippen LogP contribution < -0.4 is 5.32 Å². The van der Waals surface area contributed by atoms with Crippen molar-refractivity contribution in [2.45, 2.75) is 18.9 Å². The van der Waals surface area contributed by atoms with E-state index in [1.165, 1.54) is 18.2 Å². The highest BCUT2D eigenvalue weighted by atomic mass is 79.9. The third-order valence-electron chi connectivity index (χ3n) is 3.31. The summed E-state index contributed by atoms with van der Waals surface area (Å²) in [4.78, 5) is 0. The Morgan fingerprint density at radius 3 is 2.62 bits per heavy atom. The summed E-state index contributed by atoms with van der Waals surface area (Å²) < 4.78 is 28.0. The molecule has 0 saturated heterocycles. The van der Waals surface area contributed by atoms with E-state index in [9.17, 15) is 8.78 Å². The maximum absolute atomic E-state index is 13.9. The highest BCUT2D eigenvalue weighted by Crippen LogP contribution is 2.21. The Labute approximate surface area is 136 Å². The Bertz CT molecular complexity index is 613. The van der Waals surface area contributed by atoms with Crippen molar-refractivity contribution < 1.29 is 8.78 Å². The monoisotopic (exact) mass is 373 g/mol. The number of likely N-dealkylation sites (N-methyl/N-ethyl adjacent to an activating group) is 1. The van der Waals surface area contributed by atoms with E-state index in [1.807, 2.05) is 13.1 Å². The molecule has 0 radical (unpaired) electrons. The van der Waals surface area contributed by atoms with Crippen LogP contribution in [0.1, 0.15) is 11.1 Å². The van der Waals surface area contributed by atoms with Crippen molar-refractivity contribution >= 4 is 27.5 Å². The second kappa shape index (κ2) is 7.34. The topological polar surface area (TPSA) is 12.0 Å². The predicted molar refractivity (Wildman–Crippen MR) is 85.8 cm³/mol. The zero-order chi connectivity index (χ0) is 15.4. The van der Waals surface area contributed by atoms with Crippen LogP contribution in [0.3, 0.4) is 0 Å². The van der Waals surface area contributed by atoms with Crippen LogP contribution in [-0.4, -0.2) is 13.1 Å². The Balaban J connectivity index is 2.15. The van der Waals surface area contributed by atoms with Crippen LogP contribution in [0.4, 0.5) is 8.78 Å². The second-order valence-corrected chi connectivity index (χ2v) is 6.21. The van der Waals surface area contributed by atoms with Crippen LogP contribution in [0.15, 0.2) is 40.9 Å². The molecule has 112 valence electrons. The van der Waals surface area contributed by atoms with Crippen LogP contribution in [0.2, 0.25) is 5.02 Å². The van der Waals surface area contributed by atoms with E-state index < -0.39 is 0 Å². The lowest BCUT2D eigenvalue weighted by Gasteiger charge is -2.17. The first-order chi connectivity index (χ1) is 9.99. The molecule has 1 nitrogen and oxygen atoms in total. The molecular weight excluding hydrogens is 360 g/mol. The molecule has 21 heavy (non-hydrogen) atoms. The van der Waals surface area contributed by atoms with Gasteiger partial charge < -0.3 is 5.32 Å². The van der Waals surface area contributed by atoms with Crippen molar-refractivity contribution in [3.05, 3.63) is 68.7 Å². The molecule has 0 amide bonds. The number of hydrogen-bond acceptors (Lipinski definition) is 1. The van der Waals surface area contributed by atoms with Gasteiger partial charge in [0.15, 0.2) is 0 Å². The van der Waals surface area contributed by atoms with Gasteiger partial charge in [-0.15, -0.1) is 0 Å². The van der Waals surface area contributed by atoms with Crippen LogP contribution in [0.5, 0.6) is 0 Å². The van der Waals surface area contributed by atoms with E-state index in [-0.39, 0.29) is 22.7 Å². The minimum absolute atomic E-state index is 0.00772. The highest BCUT2D eigenvalue weighted by molar-refractivity contribution is 9.10. The fourth-order valence-corrected chi connectivity index (χ4v) is 2.97. The lowest BCUT2D eigenvalue weighted by atomic mass is 9.98. The lowest BCUT2D eigenvalue weighted by molar-refractivity contribution is 0.530. The predicted octanol–water partition coefficient (Wildman–Crippen LogP) is 4.75. The van der Waals surface area contributed by atoms with Gasteiger partial charge in [-0.25, -0.2) is 8.78 Å². The van der Waals surface area contributed by atoms with E-state index in [1.54, 1.807) is 12.1 Å². The van der Waals surface area contributed by atoms with Gasteiger partial charge in [-0.3, -0.25) is 0 Å². The van der Waals surface area contributed by atoms with Crippen molar-refractivity contribution in [1.29, 1.82) is 0 Å². The summed E-state index contributed by atoms with van der Waals surface area (Å²) in [5, 5.41) is 3.26. The highest BCUT2D eigenvalue weighted by Gasteiger charge is 2.14. The van der Waals surface area contributed by atoms with E-state index >= 15 is 0 Å². The molecule has 1 atom stereocenters. The molecule has 0 aliphatic carbocycles. The van der Waals surface area contributed by atoms with Crippen molar-refractivity contribution in [2.75, 3.05) is 7.05 Å². The molecule has 2 rings (SSSR count). The van der Waals surface area contributed by atoms with Gasteiger partial charge in [0, 0.05) is 10.5 Å². The molecule has 0 saturated carbocycles. The SMILES string of the molecule is CNC(Cc1cc(F)cc(Br)c1)Cc1cccc(Cl)c1F. The Kier molecular flexibility index (Phi) is 5.73. The number of rotatable bonds is 5. The minimum atomic E-state index is -0.389. The fraction of sp³-hybridized carbons (Fsp3) is 0.250. The Hall–Kier alpha value is -0.970. The normalized spacial score (nSPS) is 12.4. The lowest BCUT2D eigenvalue weighted by Crippen LogP contribution is -2.30. The van der Waals surface area contributed by atoms with Gasteiger partial charge in [0.25, 0.3) is 0 Å². The van der Waals surface area contributed by atoms with E-state index in [4.69, 9.17) is 11.6 Å². The number of hydrogen-bond donors (Lipinski definition) is 1. The van der Waals surface area contributed by atoms with Gasteiger partial charge >= 0.3 is 0 Å².